The lowest BCUT2D eigenvalue weighted by Gasteiger charge is -2.15. The number of ether oxygens (including phenoxy) is 1. The van der Waals surface area contributed by atoms with E-state index in [1.165, 1.54) is 25.9 Å². The van der Waals surface area contributed by atoms with Crippen molar-refractivity contribution in [3.8, 4) is 5.75 Å². The number of nitrogens with one attached hydrogen (secondary N) is 1. The van der Waals surface area contributed by atoms with E-state index in [1.54, 1.807) is 13.3 Å². The van der Waals surface area contributed by atoms with Gasteiger partial charge in [0.1, 0.15) is 24.2 Å². The Bertz CT molecular complexity index is 1040. The SMILES string of the molecule is CNC(=O)C(CCC=O)c1coc2cc3ccc(OCCN4CCCC4)cc3cc12. The zero-order valence-electron chi connectivity index (χ0n) is 17.4. The van der Waals surface area contributed by atoms with Gasteiger partial charge in [-0.2, -0.15) is 0 Å². The topological polar surface area (TPSA) is 71.8 Å². The molecule has 4 rings (SSSR count). The zero-order chi connectivity index (χ0) is 20.9. The first-order valence-corrected chi connectivity index (χ1v) is 10.6. The maximum atomic E-state index is 12.4. The number of rotatable bonds is 9. The monoisotopic (exact) mass is 408 g/mol. The van der Waals surface area contributed by atoms with Crippen molar-refractivity contribution in [3.05, 3.63) is 42.2 Å². The van der Waals surface area contributed by atoms with Gasteiger partial charge in [-0.1, -0.05) is 6.07 Å². The molecule has 0 bridgehead atoms. The number of carbonyl (C=O) groups is 2. The fourth-order valence-corrected chi connectivity index (χ4v) is 4.26. The number of carbonyl (C=O) groups excluding carboxylic acids is 2. The third-order valence-electron chi connectivity index (χ3n) is 5.92. The highest BCUT2D eigenvalue weighted by molar-refractivity contribution is 6.00. The Labute approximate surface area is 176 Å². The van der Waals surface area contributed by atoms with E-state index in [-0.39, 0.29) is 5.91 Å². The summed E-state index contributed by atoms with van der Waals surface area (Å²) in [5, 5.41) is 5.69. The Hall–Kier alpha value is -2.86. The molecule has 1 aliphatic heterocycles. The van der Waals surface area contributed by atoms with Crippen LogP contribution >= 0.6 is 0 Å². The number of hydrogen-bond acceptors (Lipinski definition) is 5. The van der Waals surface area contributed by atoms with E-state index >= 15 is 0 Å². The van der Waals surface area contributed by atoms with Crippen molar-refractivity contribution in [1.82, 2.24) is 10.2 Å². The van der Waals surface area contributed by atoms with Gasteiger partial charge in [-0.05, 0) is 67.4 Å². The van der Waals surface area contributed by atoms with Crippen molar-refractivity contribution >= 4 is 33.9 Å². The lowest BCUT2D eigenvalue weighted by atomic mass is 9.92. The van der Waals surface area contributed by atoms with Crippen LogP contribution in [0.3, 0.4) is 0 Å². The minimum absolute atomic E-state index is 0.112. The molecule has 1 atom stereocenters. The van der Waals surface area contributed by atoms with Crippen LogP contribution in [0.5, 0.6) is 5.75 Å². The molecular formula is C24H28N2O4. The van der Waals surface area contributed by atoms with Crippen LogP contribution < -0.4 is 10.1 Å². The summed E-state index contributed by atoms with van der Waals surface area (Å²) >= 11 is 0. The fourth-order valence-electron chi connectivity index (χ4n) is 4.26. The van der Waals surface area contributed by atoms with Crippen LogP contribution in [0.4, 0.5) is 0 Å². The van der Waals surface area contributed by atoms with Crippen LogP contribution in [0.15, 0.2) is 41.0 Å². The fraction of sp³-hybridized carbons (Fsp3) is 0.417. The van der Waals surface area contributed by atoms with Crippen molar-refractivity contribution in [3.63, 3.8) is 0 Å². The second-order valence-electron chi connectivity index (χ2n) is 7.86. The molecule has 3 aromatic rings. The molecule has 2 aromatic carbocycles. The normalized spacial score (nSPS) is 15.5. The minimum atomic E-state index is -0.418. The van der Waals surface area contributed by atoms with Gasteiger partial charge in [0.15, 0.2) is 0 Å². The average Bonchev–Trinajstić information content (AvgIpc) is 3.42. The van der Waals surface area contributed by atoms with Crippen LogP contribution in [0.2, 0.25) is 0 Å². The van der Waals surface area contributed by atoms with Crippen LogP contribution in [0.25, 0.3) is 21.7 Å². The molecule has 0 radical (unpaired) electrons. The average molecular weight is 408 g/mol. The van der Waals surface area contributed by atoms with Gasteiger partial charge >= 0.3 is 0 Å². The second-order valence-corrected chi connectivity index (χ2v) is 7.86. The summed E-state index contributed by atoms with van der Waals surface area (Å²) in [4.78, 5) is 25.7. The number of aldehydes is 1. The maximum absolute atomic E-state index is 12.4. The summed E-state index contributed by atoms with van der Waals surface area (Å²) in [7, 11) is 1.61. The largest absolute Gasteiger partial charge is 0.492 e. The number of nitrogens with zero attached hydrogens (tertiary/aromatic N) is 1. The summed E-state index contributed by atoms with van der Waals surface area (Å²) in [6.45, 7) is 3.96. The Balaban J connectivity index is 1.59. The maximum Gasteiger partial charge on any atom is 0.227 e. The van der Waals surface area contributed by atoms with Gasteiger partial charge < -0.3 is 19.3 Å². The Morgan fingerprint density at radius 2 is 2.07 bits per heavy atom. The van der Waals surface area contributed by atoms with Gasteiger partial charge in [0.05, 0.1) is 12.2 Å². The third kappa shape index (κ3) is 4.33. The van der Waals surface area contributed by atoms with Gasteiger partial charge in [0.25, 0.3) is 0 Å². The number of likely N-dealkylation sites (tertiary alicyclic amines) is 1. The van der Waals surface area contributed by atoms with E-state index in [2.05, 4.69) is 10.2 Å². The standard InChI is InChI=1S/C24H28N2O4/c1-25-24(28)20(5-4-11-27)22-16-30-23-15-17-6-7-19(13-18(17)14-21(22)23)29-12-10-26-8-2-3-9-26/h6-7,11,13-16,20H,2-5,8-10,12H2,1H3,(H,25,28). The summed E-state index contributed by atoms with van der Waals surface area (Å²) < 4.78 is 11.7. The van der Waals surface area contributed by atoms with Crippen LogP contribution in [-0.4, -0.2) is 50.4 Å². The van der Waals surface area contributed by atoms with Crippen molar-refractivity contribution in [2.24, 2.45) is 0 Å². The molecule has 1 aliphatic rings. The zero-order valence-corrected chi connectivity index (χ0v) is 17.4. The van der Waals surface area contributed by atoms with E-state index in [0.29, 0.717) is 19.4 Å². The quantitative estimate of drug-likeness (QED) is 0.544. The molecule has 1 aromatic heterocycles. The predicted octanol–water partition coefficient (Wildman–Crippen LogP) is 3.87. The first-order chi connectivity index (χ1) is 14.7. The van der Waals surface area contributed by atoms with Crippen LogP contribution in [-0.2, 0) is 9.59 Å². The Morgan fingerprint density at radius 3 is 2.83 bits per heavy atom. The highest BCUT2D eigenvalue weighted by Gasteiger charge is 2.23. The summed E-state index contributed by atoms with van der Waals surface area (Å²) in [5.41, 5.74) is 1.55. The highest BCUT2D eigenvalue weighted by Crippen LogP contribution is 2.34. The van der Waals surface area contributed by atoms with Crippen molar-refractivity contribution in [2.45, 2.75) is 31.6 Å². The molecule has 2 heterocycles. The predicted molar refractivity (Wildman–Crippen MR) is 117 cm³/mol. The summed E-state index contributed by atoms with van der Waals surface area (Å²) in [5.74, 6) is 0.312. The molecular weight excluding hydrogens is 380 g/mol. The van der Waals surface area contributed by atoms with E-state index in [0.717, 1.165) is 45.9 Å². The van der Waals surface area contributed by atoms with Gasteiger partial charge in [0.2, 0.25) is 5.91 Å². The minimum Gasteiger partial charge on any atom is -0.492 e. The number of hydrogen-bond donors (Lipinski definition) is 1. The highest BCUT2D eigenvalue weighted by atomic mass is 16.5. The lowest BCUT2D eigenvalue weighted by molar-refractivity contribution is -0.122. The molecule has 0 spiro atoms. The van der Waals surface area contributed by atoms with Gasteiger partial charge in [-0.15, -0.1) is 0 Å². The third-order valence-corrected chi connectivity index (χ3v) is 5.92. The molecule has 158 valence electrons. The Kier molecular flexibility index (Phi) is 6.33. The van der Waals surface area contributed by atoms with Crippen molar-refractivity contribution in [2.75, 3.05) is 33.3 Å². The molecule has 30 heavy (non-hydrogen) atoms. The smallest absolute Gasteiger partial charge is 0.227 e. The second kappa shape index (κ2) is 9.30. The molecule has 0 aliphatic carbocycles. The first-order valence-electron chi connectivity index (χ1n) is 10.6. The molecule has 1 fully saturated rings. The molecule has 1 N–H and O–H groups in total. The number of benzene rings is 2. The van der Waals surface area contributed by atoms with Gasteiger partial charge in [-0.3, -0.25) is 9.69 Å². The van der Waals surface area contributed by atoms with Crippen LogP contribution in [0, 0.1) is 0 Å². The van der Waals surface area contributed by atoms with E-state index in [9.17, 15) is 9.59 Å². The number of amides is 1. The van der Waals surface area contributed by atoms with Crippen molar-refractivity contribution in [1.29, 1.82) is 0 Å². The van der Waals surface area contributed by atoms with Crippen molar-refractivity contribution < 1.29 is 18.7 Å². The molecule has 1 amide bonds. The van der Waals surface area contributed by atoms with Gasteiger partial charge in [0, 0.05) is 31.0 Å². The van der Waals surface area contributed by atoms with E-state index in [1.807, 2.05) is 30.3 Å². The summed E-state index contributed by atoms with van der Waals surface area (Å²) in [6.07, 6.45) is 5.83. The summed E-state index contributed by atoms with van der Waals surface area (Å²) in [6, 6.07) is 10.1. The molecule has 0 saturated carbocycles. The molecule has 6 nitrogen and oxygen atoms in total. The van der Waals surface area contributed by atoms with E-state index < -0.39 is 5.92 Å². The van der Waals surface area contributed by atoms with Crippen LogP contribution in [0.1, 0.15) is 37.2 Å². The molecule has 6 heteroatoms. The number of fused-ring (bicyclic) bond motifs is 2. The molecule has 1 unspecified atom stereocenters. The molecule has 1 saturated heterocycles. The lowest BCUT2D eigenvalue weighted by Crippen LogP contribution is -2.25. The first kappa shape index (κ1) is 20.4. The number of likely N-dealkylation sites (N-methyl/N-ethyl adjacent to an activating group) is 1. The van der Waals surface area contributed by atoms with E-state index in [4.69, 9.17) is 9.15 Å². The number of furan rings is 1. The van der Waals surface area contributed by atoms with Gasteiger partial charge in [-0.25, -0.2) is 0 Å². The Morgan fingerprint density at radius 1 is 1.23 bits per heavy atom.